The molecule has 0 amide bonds. The van der Waals surface area contributed by atoms with Gasteiger partial charge in [-0.25, -0.2) is 0 Å². The van der Waals surface area contributed by atoms with Crippen molar-refractivity contribution >= 4 is 19.9 Å². The predicted octanol–water partition coefficient (Wildman–Crippen LogP) is -0.730. The third kappa shape index (κ3) is 6.39. The van der Waals surface area contributed by atoms with E-state index in [0.717, 1.165) is 6.04 Å². The van der Waals surface area contributed by atoms with Gasteiger partial charge in [-0.3, -0.25) is 0 Å². The minimum absolute atomic E-state index is 0.149. The quantitative estimate of drug-likeness (QED) is 0.408. The summed E-state index contributed by atoms with van der Waals surface area (Å²) in [5.41, 5.74) is 0. The Morgan fingerprint density at radius 1 is 1.62 bits per heavy atom. The van der Waals surface area contributed by atoms with Gasteiger partial charge in [-0.15, -0.1) is 0 Å². The third-order valence-electron chi connectivity index (χ3n) is 1.08. The van der Waals surface area contributed by atoms with Crippen molar-refractivity contribution in [3.05, 3.63) is 0 Å². The van der Waals surface area contributed by atoms with E-state index in [1.807, 2.05) is 0 Å². The molecule has 0 rings (SSSR count). The first-order valence-corrected chi connectivity index (χ1v) is 6.63. The minimum Gasteiger partial charge on any atom is -0.340 e. The molecule has 1 N–H and O–H groups in total. The summed E-state index contributed by atoms with van der Waals surface area (Å²) < 4.78 is 0. The van der Waals surface area contributed by atoms with Crippen LogP contribution >= 0.6 is 0 Å². The van der Waals surface area contributed by atoms with Gasteiger partial charge < -0.3 is 4.98 Å². The van der Waals surface area contributed by atoms with Crippen LogP contribution in [0.1, 0.15) is 13.8 Å². The highest BCUT2D eigenvalue weighted by molar-refractivity contribution is 6.34. The second kappa shape index (κ2) is 5.53. The zero-order valence-electron chi connectivity index (χ0n) is 6.20. The average molecular weight is 147 g/mol. The number of hydrogen-bond acceptors (Lipinski definition) is 1. The fraction of sp³-hybridized carbons (Fsp3) is 1.00. The lowest BCUT2D eigenvalue weighted by atomic mass is 10.4. The monoisotopic (exact) mass is 147 g/mol. The Kier molecular flexibility index (Phi) is 5.80. The lowest BCUT2D eigenvalue weighted by Gasteiger charge is -2.04. The highest BCUT2D eigenvalue weighted by Crippen LogP contribution is 1.81. The molecule has 0 aromatic carbocycles. The smallest absolute Gasteiger partial charge is 0.0915 e. The first-order chi connectivity index (χ1) is 3.77. The van der Waals surface area contributed by atoms with Crippen LogP contribution in [-0.4, -0.2) is 26.0 Å². The topological polar surface area (TPSA) is 12.0 Å². The van der Waals surface area contributed by atoms with Crippen molar-refractivity contribution in [3.8, 4) is 0 Å². The van der Waals surface area contributed by atoms with Gasteiger partial charge in [0.1, 0.15) is 0 Å². The van der Waals surface area contributed by atoms with Gasteiger partial charge in [0.2, 0.25) is 0 Å². The van der Waals surface area contributed by atoms with Gasteiger partial charge in [0.25, 0.3) is 0 Å². The van der Waals surface area contributed by atoms with Crippen LogP contribution < -0.4 is 4.98 Å². The summed E-state index contributed by atoms with van der Waals surface area (Å²) in [6.07, 6.45) is 0. The fourth-order valence-corrected chi connectivity index (χ4v) is 2.76. The molecule has 0 aliphatic carbocycles. The average Bonchev–Trinajstić information content (AvgIpc) is 1.66. The van der Waals surface area contributed by atoms with Gasteiger partial charge in [0, 0.05) is 10.2 Å². The van der Waals surface area contributed by atoms with Gasteiger partial charge in [-0.1, -0.05) is 25.9 Å². The number of nitrogens with one attached hydrogen (secondary N) is 1. The van der Waals surface area contributed by atoms with Crippen LogP contribution in [0.15, 0.2) is 0 Å². The van der Waals surface area contributed by atoms with Gasteiger partial charge >= 0.3 is 0 Å². The molecule has 8 heavy (non-hydrogen) atoms. The van der Waals surface area contributed by atoms with E-state index in [-0.39, 0.29) is 9.68 Å². The van der Waals surface area contributed by atoms with E-state index < -0.39 is 0 Å². The maximum atomic E-state index is 3.51. The molecule has 0 radical (unpaired) electrons. The Morgan fingerprint density at radius 3 is 2.62 bits per heavy atom. The Bertz CT molecular complexity index is 47.7. The zero-order chi connectivity index (χ0) is 6.41. The van der Waals surface area contributed by atoms with Gasteiger partial charge in [0.15, 0.2) is 0 Å². The van der Waals surface area contributed by atoms with E-state index in [1.54, 1.807) is 0 Å². The summed E-state index contributed by atoms with van der Waals surface area (Å²) >= 11 is 0. The van der Waals surface area contributed by atoms with E-state index in [0.29, 0.717) is 0 Å². The summed E-state index contributed by atoms with van der Waals surface area (Å²) in [6.45, 7) is 4.44. The Morgan fingerprint density at radius 2 is 2.25 bits per heavy atom. The number of hydrogen-bond donors (Lipinski definition) is 1. The van der Waals surface area contributed by atoms with Crippen LogP contribution in [0.4, 0.5) is 0 Å². The molecule has 50 valence electrons. The molecule has 0 fully saturated rings. The van der Waals surface area contributed by atoms with E-state index >= 15 is 0 Å². The first kappa shape index (κ1) is 8.39. The molecule has 0 aliphatic heterocycles. The molecule has 0 saturated heterocycles. The molecular weight excluding hydrogens is 130 g/mol. The van der Waals surface area contributed by atoms with Crippen LogP contribution in [0.25, 0.3) is 0 Å². The van der Waals surface area contributed by atoms with E-state index in [1.165, 1.54) is 22.3 Å². The van der Waals surface area contributed by atoms with Crippen molar-refractivity contribution in [2.45, 2.75) is 32.0 Å². The predicted molar refractivity (Wildman–Crippen MR) is 46.4 cm³/mol. The van der Waals surface area contributed by atoms with Gasteiger partial charge in [-0.05, 0) is 6.04 Å². The largest absolute Gasteiger partial charge is 0.340 e. The third-order valence-corrected chi connectivity index (χ3v) is 5.37. The Labute approximate surface area is 57.6 Å². The maximum Gasteiger partial charge on any atom is 0.0915 e. The lowest BCUT2D eigenvalue weighted by Crippen LogP contribution is -2.26. The standard InChI is InChI=1S/C5H17NSi2/c1-5(2)6-8-4-3-7/h5-6H,3-4,8H2,1-2,7H3. The summed E-state index contributed by atoms with van der Waals surface area (Å²) in [7, 11) is 1.54. The molecule has 0 bridgehead atoms. The van der Waals surface area contributed by atoms with Crippen molar-refractivity contribution in [3.63, 3.8) is 0 Å². The molecule has 0 spiro atoms. The van der Waals surface area contributed by atoms with Crippen LogP contribution in [0.2, 0.25) is 12.1 Å². The van der Waals surface area contributed by atoms with Crippen molar-refractivity contribution in [2.24, 2.45) is 0 Å². The molecule has 3 heteroatoms. The molecular formula is C5H17NSi2. The lowest BCUT2D eigenvalue weighted by molar-refractivity contribution is 0.751. The maximum absolute atomic E-state index is 3.51. The fourth-order valence-electron chi connectivity index (χ4n) is 0.568. The van der Waals surface area contributed by atoms with Crippen LogP contribution in [0.5, 0.6) is 0 Å². The van der Waals surface area contributed by atoms with E-state index in [2.05, 4.69) is 18.8 Å². The highest BCUT2D eigenvalue weighted by Gasteiger charge is 1.88. The normalized spacial score (nSPS) is 12.4. The van der Waals surface area contributed by atoms with Crippen LogP contribution in [0, 0.1) is 0 Å². The van der Waals surface area contributed by atoms with E-state index in [4.69, 9.17) is 0 Å². The van der Waals surface area contributed by atoms with Crippen molar-refractivity contribution in [1.29, 1.82) is 0 Å². The SMILES string of the molecule is CC(C)N[SiH2]CC[SiH3]. The Balaban J connectivity index is 2.72. The second-order valence-electron chi connectivity index (χ2n) is 2.46. The minimum atomic E-state index is 0.149. The van der Waals surface area contributed by atoms with Crippen molar-refractivity contribution in [2.75, 3.05) is 0 Å². The molecule has 0 aliphatic rings. The number of rotatable bonds is 4. The highest BCUT2D eigenvalue weighted by atomic mass is 28.2. The molecule has 0 heterocycles. The molecule has 0 aromatic rings. The summed E-state index contributed by atoms with van der Waals surface area (Å²) in [5.74, 6) is 0. The Hall–Kier alpha value is 0.394. The van der Waals surface area contributed by atoms with Gasteiger partial charge in [-0.2, -0.15) is 0 Å². The van der Waals surface area contributed by atoms with Crippen LogP contribution in [0.3, 0.4) is 0 Å². The van der Waals surface area contributed by atoms with Crippen molar-refractivity contribution < 1.29 is 0 Å². The second-order valence-corrected chi connectivity index (χ2v) is 5.08. The molecule has 0 unspecified atom stereocenters. The molecule has 0 aromatic heterocycles. The summed E-state index contributed by atoms with van der Waals surface area (Å²) in [5, 5.41) is 0. The summed E-state index contributed by atoms with van der Waals surface area (Å²) in [4.78, 5) is 3.51. The van der Waals surface area contributed by atoms with Crippen LogP contribution in [-0.2, 0) is 0 Å². The molecule has 1 nitrogen and oxygen atoms in total. The first-order valence-electron chi connectivity index (χ1n) is 3.50. The summed E-state index contributed by atoms with van der Waals surface area (Å²) in [6, 6.07) is 3.73. The zero-order valence-corrected chi connectivity index (χ0v) is 9.61. The van der Waals surface area contributed by atoms with Gasteiger partial charge in [0.05, 0.1) is 9.68 Å². The van der Waals surface area contributed by atoms with E-state index in [9.17, 15) is 0 Å². The van der Waals surface area contributed by atoms with Crippen molar-refractivity contribution in [1.82, 2.24) is 4.98 Å². The molecule has 0 saturated carbocycles. The molecule has 0 atom stereocenters.